The molecule has 22 heavy (non-hydrogen) atoms. The van der Waals surface area contributed by atoms with Crippen LogP contribution in [0.1, 0.15) is 56.5 Å². The van der Waals surface area contributed by atoms with E-state index >= 15 is 0 Å². The summed E-state index contributed by atoms with van der Waals surface area (Å²) in [6, 6.07) is 5.82. The smallest absolute Gasteiger partial charge is 0.222 e. The predicted octanol–water partition coefficient (Wildman–Crippen LogP) is 2.36. The van der Waals surface area contributed by atoms with Gasteiger partial charge in [0.2, 0.25) is 11.8 Å². The zero-order chi connectivity index (χ0) is 15.9. The van der Waals surface area contributed by atoms with Crippen molar-refractivity contribution < 1.29 is 9.59 Å². The van der Waals surface area contributed by atoms with Gasteiger partial charge in [-0.25, -0.2) is 0 Å². The van der Waals surface area contributed by atoms with Gasteiger partial charge in [0, 0.05) is 31.6 Å². The van der Waals surface area contributed by atoms with E-state index in [2.05, 4.69) is 10.3 Å². The molecule has 1 N–H and O–H groups in total. The van der Waals surface area contributed by atoms with Gasteiger partial charge in [-0.3, -0.25) is 14.6 Å². The van der Waals surface area contributed by atoms with Crippen LogP contribution in [0, 0.1) is 6.92 Å². The van der Waals surface area contributed by atoms with Crippen LogP contribution in [-0.4, -0.2) is 34.8 Å². The molecule has 0 saturated carbocycles. The van der Waals surface area contributed by atoms with Crippen LogP contribution in [-0.2, 0) is 9.59 Å². The van der Waals surface area contributed by atoms with Gasteiger partial charge in [0.15, 0.2) is 0 Å². The van der Waals surface area contributed by atoms with Crippen LogP contribution in [0.5, 0.6) is 0 Å². The lowest BCUT2D eigenvalue weighted by Crippen LogP contribution is -2.30. The number of likely N-dealkylation sites (tertiary alicyclic amines) is 1. The molecule has 0 aromatic carbocycles. The molecule has 1 aromatic heterocycles. The van der Waals surface area contributed by atoms with E-state index in [0.717, 1.165) is 37.2 Å². The van der Waals surface area contributed by atoms with E-state index in [1.54, 1.807) is 0 Å². The fraction of sp³-hybridized carbons (Fsp3) is 0.588. The first kappa shape index (κ1) is 16.5. The first-order valence-electron chi connectivity index (χ1n) is 8.11. The summed E-state index contributed by atoms with van der Waals surface area (Å²) in [7, 11) is 0. The van der Waals surface area contributed by atoms with E-state index in [1.807, 2.05) is 36.9 Å². The number of pyridine rings is 1. The van der Waals surface area contributed by atoms with Crippen molar-refractivity contribution in [1.82, 2.24) is 15.2 Å². The fourth-order valence-corrected chi connectivity index (χ4v) is 2.78. The summed E-state index contributed by atoms with van der Waals surface area (Å²) in [6.45, 7) is 5.51. The van der Waals surface area contributed by atoms with E-state index in [0.29, 0.717) is 19.4 Å². The highest BCUT2D eigenvalue weighted by Crippen LogP contribution is 2.15. The number of carbonyl (C=O) groups excluding carboxylic acids is 2. The van der Waals surface area contributed by atoms with Crippen LogP contribution < -0.4 is 5.32 Å². The Hall–Kier alpha value is -1.91. The molecule has 1 saturated heterocycles. The Morgan fingerprint density at radius 3 is 2.91 bits per heavy atom. The third-order valence-electron chi connectivity index (χ3n) is 4.01. The monoisotopic (exact) mass is 303 g/mol. The quantitative estimate of drug-likeness (QED) is 0.841. The second-order valence-electron chi connectivity index (χ2n) is 5.82. The largest absolute Gasteiger partial charge is 0.348 e. The molecule has 1 aromatic rings. The highest BCUT2D eigenvalue weighted by Gasteiger charge is 2.20. The van der Waals surface area contributed by atoms with Gasteiger partial charge < -0.3 is 10.2 Å². The molecule has 0 spiro atoms. The summed E-state index contributed by atoms with van der Waals surface area (Å²) in [6.07, 6.45) is 3.58. The molecular weight excluding hydrogens is 278 g/mol. The van der Waals surface area contributed by atoms with Crippen LogP contribution >= 0.6 is 0 Å². The number of aromatic nitrogens is 1. The van der Waals surface area contributed by atoms with E-state index in [1.165, 1.54) is 0 Å². The van der Waals surface area contributed by atoms with Crippen molar-refractivity contribution in [3.05, 3.63) is 29.6 Å². The topological polar surface area (TPSA) is 62.3 Å². The van der Waals surface area contributed by atoms with Gasteiger partial charge in [-0.2, -0.15) is 0 Å². The van der Waals surface area contributed by atoms with E-state index in [9.17, 15) is 9.59 Å². The van der Waals surface area contributed by atoms with Crippen molar-refractivity contribution in [3.63, 3.8) is 0 Å². The summed E-state index contributed by atoms with van der Waals surface area (Å²) in [4.78, 5) is 29.9. The lowest BCUT2D eigenvalue weighted by Gasteiger charge is -2.18. The molecule has 1 atom stereocenters. The minimum absolute atomic E-state index is 0.0294. The number of carbonyl (C=O) groups is 2. The van der Waals surface area contributed by atoms with Crippen LogP contribution in [0.4, 0.5) is 0 Å². The number of amides is 2. The zero-order valence-electron chi connectivity index (χ0n) is 13.5. The second-order valence-corrected chi connectivity index (χ2v) is 5.82. The molecule has 0 radical (unpaired) electrons. The maximum atomic E-state index is 12.1. The Kier molecular flexibility index (Phi) is 5.92. The van der Waals surface area contributed by atoms with Gasteiger partial charge in [-0.15, -0.1) is 0 Å². The molecule has 1 fully saturated rings. The molecule has 2 amide bonds. The fourth-order valence-electron chi connectivity index (χ4n) is 2.78. The molecule has 1 aliphatic heterocycles. The lowest BCUT2D eigenvalue weighted by atomic mass is 10.1. The Morgan fingerprint density at radius 2 is 2.27 bits per heavy atom. The molecular formula is C17H25N3O2. The van der Waals surface area contributed by atoms with Crippen molar-refractivity contribution in [2.24, 2.45) is 0 Å². The number of nitrogens with zero attached hydrogens (tertiary/aromatic N) is 2. The van der Waals surface area contributed by atoms with Crippen molar-refractivity contribution >= 4 is 11.8 Å². The van der Waals surface area contributed by atoms with Gasteiger partial charge in [-0.1, -0.05) is 13.0 Å². The number of aryl methyl sites for hydroxylation is 1. The summed E-state index contributed by atoms with van der Waals surface area (Å²) in [5.41, 5.74) is 1.86. The Labute approximate surface area is 132 Å². The van der Waals surface area contributed by atoms with Crippen LogP contribution in [0.25, 0.3) is 0 Å². The SMILES string of the molecule is CC[C@@H](NC(=O)CCCN1CCCC1=O)c1cccc(C)n1. The van der Waals surface area contributed by atoms with Crippen molar-refractivity contribution in [2.75, 3.05) is 13.1 Å². The zero-order valence-corrected chi connectivity index (χ0v) is 13.5. The van der Waals surface area contributed by atoms with Gasteiger partial charge in [0.05, 0.1) is 11.7 Å². The minimum Gasteiger partial charge on any atom is -0.348 e. The average molecular weight is 303 g/mol. The van der Waals surface area contributed by atoms with E-state index in [-0.39, 0.29) is 17.9 Å². The highest BCUT2D eigenvalue weighted by atomic mass is 16.2. The molecule has 1 aliphatic rings. The van der Waals surface area contributed by atoms with Gasteiger partial charge in [0.1, 0.15) is 0 Å². The molecule has 2 heterocycles. The Morgan fingerprint density at radius 1 is 1.45 bits per heavy atom. The second kappa shape index (κ2) is 7.92. The lowest BCUT2D eigenvalue weighted by molar-refractivity contribution is -0.128. The molecule has 0 bridgehead atoms. The van der Waals surface area contributed by atoms with Crippen molar-refractivity contribution in [1.29, 1.82) is 0 Å². The first-order chi connectivity index (χ1) is 10.6. The van der Waals surface area contributed by atoms with Crippen LogP contribution in [0.2, 0.25) is 0 Å². The molecule has 120 valence electrons. The van der Waals surface area contributed by atoms with Crippen LogP contribution in [0.15, 0.2) is 18.2 Å². The minimum atomic E-state index is -0.0409. The summed E-state index contributed by atoms with van der Waals surface area (Å²) in [5.74, 6) is 0.248. The Balaban J connectivity index is 1.78. The maximum absolute atomic E-state index is 12.1. The molecule has 5 nitrogen and oxygen atoms in total. The highest BCUT2D eigenvalue weighted by molar-refractivity contribution is 5.78. The number of rotatable bonds is 7. The summed E-state index contributed by atoms with van der Waals surface area (Å²) < 4.78 is 0. The number of hydrogen-bond donors (Lipinski definition) is 1. The third kappa shape index (κ3) is 4.55. The molecule has 0 aliphatic carbocycles. The number of nitrogens with one attached hydrogen (secondary N) is 1. The van der Waals surface area contributed by atoms with Crippen molar-refractivity contribution in [3.8, 4) is 0 Å². The maximum Gasteiger partial charge on any atom is 0.222 e. The summed E-state index contributed by atoms with van der Waals surface area (Å²) in [5, 5.41) is 3.04. The third-order valence-corrected chi connectivity index (χ3v) is 4.01. The first-order valence-corrected chi connectivity index (χ1v) is 8.11. The van der Waals surface area contributed by atoms with E-state index < -0.39 is 0 Å². The van der Waals surface area contributed by atoms with E-state index in [4.69, 9.17) is 0 Å². The van der Waals surface area contributed by atoms with Crippen LogP contribution in [0.3, 0.4) is 0 Å². The standard InChI is InChI=1S/C17H25N3O2/c1-3-14(15-8-4-7-13(2)18-15)19-16(21)9-5-11-20-12-6-10-17(20)22/h4,7-8,14H,3,5-6,9-12H2,1-2H3,(H,19,21)/t14-/m1/s1. The Bertz CT molecular complexity index is 530. The predicted molar refractivity (Wildman–Crippen MR) is 85.2 cm³/mol. The van der Waals surface area contributed by atoms with Crippen molar-refractivity contribution in [2.45, 2.75) is 52.0 Å². The normalized spacial score (nSPS) is 15.9. The molecule has 0 unspecified atom stereocenters. The molecule has 2 rings (SSSR count). The summed E-state index contributed by atoms with van der Waals surface area (Å²) >= 11 is 0. The average Bonchev–Trinajstić information content (AvgIpc) is 2.90. The molecule has 5 heteroatoms. The van der Waals surface area contributed by atoms with Gasteiger partial charge >= 0.3 is 0 Å². The number of hydrogen-bond acceptors (Lipinski definition) is 3. The van der Waals surface area contributed by atoms with Gasteiger partial charge in [0.25, 0.3) is 0 Å². The van der Waals surface area contributed by atoms with Gasteiger partial charge in [-0.05, 0) is 38.3 Å².